The molecule has 120 valence electrons. The van der Waals surface area contributed by atoms with Crippen LogP contribution in [-0.4, -0.2) is 27.3 Å². The predicted molar refractivity (Wildman–Crippen MR) is 92.6 cm³/mol. The molecule has 1 aromatic carbocycles. The molecule has 0 fully saturated rings. The van der Waals surface area contributed by atoms with Crippen LogP contribution < -0.4 is 14.8 Å². The van der Waals surface area contributed by atoms with Crippen molar-refractivity contribution in [2.75, 3.05) is 27.3 Å². The third-order valence-electron chi connectivity index (χ3n) is 3.54. The number of rotatable bonds is 11. The Morgan fingerprint density at radius 1 is 1.00 bits per heavy atom. The SMILES string of the molecule is CCCNCCCCCCc1c(Br)cc(OC)cc1OC. The minimum Gasteiger partial charge on any atom is -0.497 e. The minimum absolute atomic E-state index is 0.824. The maximum absolute atomic E-state index is 5.47. The van der Waals surface area contributed by atoms with Crippen LogP contribution in [0.1, 0.15) is 44.6 Å². The highest BCUT2D eigenvalue weighted by atomic mass is 79.9. The van der Waals surface area contributed by atoms with E-state index < -0.39 is 0 Å². The molecule has 0 aromatic heterocycles. The van der Waals surface area contributed by atoms with Gasteiger partial charge in [0.15, 0.2) is 0 Å². The van der Waals surface area contributed by atoms with Gasteiger partial charge in [0.1, 0.15) is 11.5 Å². The first-order chi connectivity index (χ1) is 10.2. The summed E-state index contributed by atoms with van der Waals surface area (Å²) in [5.74, 6) is 1.73. The molecule has 21 heavy (non-hydrogen) atoms. The van der Waals surface area contributed by atoms with E-state index in [4.69, 9.17) is 9.47 Å². The summed E-state index contributed by atoms with van der Waals surface area (Å²) >= 11 is 3.62. The lowest BCUT2D eigenvalue weighted by Gasteiger charge is -2.13. The maximum atomic E-state index is 5.47. The lowest BCUT2D eigenvalue weighted by atomic mass is 10.0. The number of benzene rings is 1. The van der Waals surface area contributed by atoms with Crippen molar-refractivity contribution in [3.8, 4) is 11.5 Å². The van der Waals surface area contributed by atoms with Gasteiger partial charge in [0.2, 0.25) is 0 Å². The molecule has 4 heteroatoms. The van der Waals surface area contributed by atoms with E-state index in [1.54, 1.807) is 14.2 Å². The summed E-state index contributed by atoms with van der Waals surface area (Å²) in [7, 11) is 3.39. The Labute approximate surface area is 137 Å². The molecular formula is C17H28BrNO2. The Bertz CT molecular complexity index is 410. The van der Waals surface area contributed by atoms with Gasteiger partial charge in [-0.25, -0.2) is 0 Å². The van der Waals surface area contributed by atoms with E-state index in [2.05, 4.69) is 28.2 Å². The van der Waals surface area contributed by atoms with Gasteiger partial charge in [0.25, 0.3) is 0 Å². The van der Waals surface area contributed by atoms with Crippen molar-refractivity contribution in [3.63, 3.8) is 0 Å². The van der Waals surface area contributed by atoms with Crippen LogP contribution in [0.15, 0.2) is 16.6 Å². The molecule has 1 rings (SSSR count). The molecule has 3 nitrogen and oxygen atoms in total. The van der Waals surface area contributed by atoms with E-state index >= 15 is 0 Å². The fraction of sp³-hybridized carbons (Fsp3) is 0.647. The highest BCUT2D eigenvalue weighted by molar-refractivity contribution is 9.10. The topological polar surface area (TPSA) is 30.5 Å². The van der Waals surface area contributed by atoms with Crippen LogP contribution in [0.2, 0.25) is 0 Å². The van der Waals surface area contributed by atoms with Crippen molar-refractivity contribution < 1.29 is 9.47 Å². The molecule has 0 spiro atoms. The summed E-state index contributed by atoms with van der Waals surface area (Å²) < 4.78 is 11.8. The number of unbranched alkanes of at least 4 members (excludes halogenated alkanes) is 3. The zero-order valence-electron chi connectivity index (χ0n) is 13.5. The molecule has 0 amide bonds. The summed E-state index contributed by atoms with van der Waals surface area (Å²) in [4.78, 5) is 0. The van der Waals surface area contributed by atoms with Gasteiger partial charge in [-0.1, -0.05) is 35.7 Å². The average Bonchev–Trinajstić information content (AvgIpc) is 2.50. The van der Waals surface area contributed by atoms with Crippen molar-refractivity contribution in [2.45, 2.75) is 45.4 Å². The Morgan fingerprint density at radius 2 is 1.76 bits per heavy atom. The number of hydrogen-bond donors (Lipinski definition) is 1. The normalized spacial score (nSPS) is 10.7. The highest BCUT2D eigenvalue weighted by Crippen LogP contribution is 2.33. The first kappa shape index (κ1) is 18.3. The molecule has 0 saturated carbocycles. The summed E-state index contributed by atoms with van der Waals surface area (Å²) in [6, 6.07) is 3.96. The summed E-state index contributed by atoms with van der Waals surface area (Å²) in [5.41, 5.74) is 1.24. The molecule has 0 aliphatic rings. The van der Waals surface area contributed by atoms with Gasteiger partial charge in [-0.3, -0.25) is 0 Å². The second kappa shape index (κ2) is 10.9. The quantitative estimate of drug-likeness (QED) is 0.588. The number of halogens is 1. The Morgan fingerprint density at radius 3 is 2.43 bits per heavy atom. The molecule has 0 aliphatic carbocycles. The molecular weight excluding hydrogens is 330 g/mol. The van der Waals surface area contributed by atoms with Crippen molar-refractivity contribution in [1.29, 1.82) is 0 Å². The van der Waals surface area contributed by atoms with E-state index in [0.717, 1.165) is 35.5 Å². The molecule has 0 heterocycles. The smallest absolute Gasteiger partial charge is 0.126 e. The number of hydrogen-bond acceptors (Lipinski definition) is 3. The summed E-state index contributed by atoms with van der Waals surface area (Å²) in [5, 5.41) is 3.44. The highest BCUT2D eigenvalue weighted by Gasteiger charge is 2.10. The average molecular weight is 358 g/mol. The zero-order valence-corrected chi connectivity index (χ0v) is 15.1. The van der Waals surface area contributed by atoms with E-state index in [9.17, 15) is 0 Å². The standard InChI is InChI=1S/C17H28BrNO2/c1-4-10-19-11-8-6-5-7-9-15-16(18)12-14(20-2)13-17(15)21-3/h12-13,19H,4-11H2,1-3H3. The van der Waals surface area contributed by atoms with Crippen molar-refractivity contribution in [1.82, 2.24) is 5.32 Å². The Kier molecular flexibility index (Phi) is 9.51. The second-order valence-corrected chi connectivity index (χ2v) is 6.06. The molecule has 0 atom stereocenters. The van der Waals surface area contributed by atoms with E-state index in [0.29, 0.717) is 0 Å². The maximum Gasteiger partial charge on any atom is 0.126 e. The van der Waals surface area contributed by atoms with Gasteiger partial charge in [0.05, 0.1) is 14.2 Å². The summed E-state index contributed by atoms with van der Waals surface area (Å²) in [6.45, 7) is 4.48. The molecule has 0 unspecified atom stereocenters. The Hall–Kier alpha value is -0.740. The van der Waals surface area contributed by atoms with Crippen LogP contribution in [0.3, 0.4) is 0 Å². The first-order valence-electron chi connectivity index (χ1n) is 7.84. The lowest BCUT2D eigenvalue weighted by Crippen LogP contribution is -2.15. The van der Waals surface area contributed by atoms with E-state index in [1.807, 2.05) is 12.1 Å². The van der Waals surface area contributed by atoms with Crippen LogP contribution >= 0.6 is 15.9 Å². The third-order valence-corrected chi connectivity index (χ3v) is 4.25. The number of methoxy groups -OCH3 is 2. The van der Waals surface area contributed by atoms with Crippen LogP contribution in [-0.2, 0) is 6.42 Å². The first-order valence-corrected chi connectivity index (χ1v) is 8.63. The van der Waals surface area contributed by atoms with Crippen LogP contribution in [0.5, 0.6) is 11.5 Å². The fourth-order valence-corrected chi connectivity index (χ4v) is 2.96. The van der Waals surface area contributed by atoms with Gasteiger partial charge < -0.3 is 14.8 Å². The van der Waals surface area contributed by atoms with Crippen molar-refractivity contribution >= 4 is 15.9 Å². The van der Waals surface area contributed by atoms with E-state index in [1.165, 1.54) is 37.7 Å². The number of ether oxygens (including phenoxy) is 2. The largest absolute Gasteiger partial charge is 0.497 e. The molecule has 0 radical (unpaired) electrons. The molecule has 0 bridgehead atoms. The van der Waals surface area contributed by atoms with Crippen LogP contribution in [0.4, 0.5) is 0 Å². The van der Waals surface area contributed by atoms with E-state index in [-0.39, 0.29) is 0 Å². The molecule has 1 N–H and O–H groups in total. The molecule has 0 saturated heterocycles. The fourth-order valence-electron chi connectivity index (χ4n) is 2.34. The second-order valence-electron chi connectivity index (χ2n) is 5.20. The lowest BCUT2D eigenvalue weighted by molar-refractivity contribution is 0.390. The minimum atomic E-state index is 0.824. The van der Waals surface area contributed by atoms with Gasteiger partial charge >= 0.3 is 0 Å². The summed E-state index contributed by atoms with van der Waals surface area (Å²) in [6.07, 6.45) is 7.25. The van der Waals surface area contributed by atoms with Gasteiger partial charge in [-0.05, 0) is 44.8 Å². The van der Waals surface area contributed by atoms with Gasteiger partial charge in [-0.15, -0.1) is 0 Å². The van der Waals surface area contributed by atoms with Gasteiger partial charge in [0, 0.05) is 16.1 Å². The zero-order chi connectivity index (χ0) is 15.5. The van der Waals surface area contributed by atoms with Crippen LogP contribution in [0, 0.1) is 0 Å². The Balaban J connectivity index is 2.34. The van der Waals surface area contributed by atoms with Crippen molar-refractivity contribution in [3.05, 3.63) is 22.2 Å². The van der Waals surface area contributed by atoms with Gasteiger partial charge in [-0.2, -0.15) is 0 Å². The molecule has 1 aromatic rings. The van der Waals surface area contributed by atoms with Crippen molar-refractivity contribution in [2.24, 2.45) is 0 Å². The third kappa shape index (κ3) is 6.70. The monoisotopic (exact) mass is 357 g/mol. The predicted octanol–water partition coefficient (Wildman–Crippen LogP) is 4.57. The number of nitrogens with one attached hydrogen (secondary N) is 1. The van der Waals surface area contributed by atoms with Crippen LogP contribution in [0.25, 0.3) is 0 Å². The molecule has 0 aliphatic heterocycles.